The number of aryl methyl sites for hydroxylation is 1. The van der Waals surface area contributed by atoms with Crippen molar-refractivity contribution in [1.29, 1.82) is 0 Å². The average Bonchev–Trinajstić information content (AvgIpc) is 3.45. The minimum Gasteiger partial charge on any atom is -0.454 e. The van der Waals surface area contributed by atoms with Crippen LogP contribution in [-0.4, -0.2) is 30.1 Å². The first-order chi connectivity index (χ1) is 14.1. The zero-order chi connectivity index (χ0) is 20.0. The normalized spacial score (nSPS) is 11.9. The summed E-state index contributed by atoms with van der Waals surface area (Å²) in [6.45, 7) is -0.0622. The summed E-state index contributed by atoms with van der Waals surface area (Å²) >= 11 is 2.85. The van der Waals surface area contributed by atoms with Gasteiger partial charge in [0.1, 0.15) is 9.71 Å². The van der Waals surface area contributed by atoms with Gasteiger partial charge in [-0.1, -0.05) is 12.1 Å². The van der Waals surface area contributed by atoms with Crippen LogP contribution in [0.3, 0.4) is 0 Å². The molecule has 0 radical (unpaired) electrons. The number of nitrogens with zero attached hydrogens (tertiary/aromatic N) is 5. The van der Waals surface area contributed by atoms with E-state index in [2.05, 4.69) is 15.2 Å². The Morgan fingerprint density at radius 2 is 2.10 bits per heavy atom. The highest BCUT2D eigenvalue weighted by molar-refractivity contribution is 7.19. The third-order valence-corrected chi connectivity index (χ3v) is 6.31. The number of carbonyl (C=O) groups excluding carboxylic acids is 1. The second-order valence-electron chi connectivity index (χ2n) is 6.21. The van der Waals surface area contributed by atoms with E-state index in [4.69, 9.17) is 4.74 Å². The van der Waals surface area contributed by atoms with Gasteiger partial charge in [-0.3, -0.25) is 13.8 Å². The van der Waals surface area contributed by atoms with Gasteiger partial charge in [0, 0.05) is 13.1 Å². The molecule has 5 aromatic rings. The third-order valence-electron chi connectivity index (χ3n) is 4.41. The molecule has 1 aromatic carbocycles. The van der Waals surface area contributed by atoms with Gasteiger partial charge < -0.3 is 4.74 Å². The van der Waals surface area contributed by atoms with Gasteiger partial charge in [0.25, 0.3) is 5.56 Å². The van der Waals surface area contributed by atoms with Gasteiger partial charge in [-0.2, -0.15) is 0 Å². The Labute approximate surface area is 171 Å². The number of para-hydroxylation sites is 1. The molecule has 8 nitrogen and oxygen atoms in total. The fraction of sp³-hybridized carbons (Fsp3) is 0.105. The summed E-state index contributed by atoms with van der Waals surface area (Å²) in [5, 5.41) is 10.7. The van der Waals surface area contributed by atoms with Crippen LogP contribution < -0.4 is 5.56 Å². The number of benzene rings is 1. The monoisotopic (exact) mass is 423 g/mol. The molecule has 0 saturated heterocycles. The summed E-state index contributed by atoms with van der Waals surface area (Å²) in [6, 6.07) is 9.61. The van der Waals surface area contributed by atoms with E-state index in [1.165, 1.54) is 33.3 Å². The molecule has 0 amide bonds. The van der Waals surface area contributed by atoms with Gasteiger partial charge in [0.05, 0.1) is 15.7 Å². The Morgan fingerprint density at radius 1 is 1.24 bits per heavy atom. The number of hydrogen-bond acceptors (Lipinski definition) is 8. The molecule has 144 valence electrons. The number of carbonyl (C=O) groups is 1. The number of aromatic nitrogens is 5. The summed E-state index contributed by atoms with van der Waals surface area (Å²) < 4.78 is 10.2. The van der Waals surface area contributed by atoms with Crippen molar-refractivity contribution in [3.8, 4) is 0 Å². The first-order valence-corrected chi connectivity index (χ1v) is 10.3. The molecular weight excluding hydrogens is 410 g/mol. The summed E-state index contributed by atoms with van der Waals surface area (Å²) in [6.07, 6.45) is 2.98. The molecule has 0 aliphatic carbocycles. The summed E-state index contributed by atoms with van der Waals surface area (Å²) in [4.78, 5) is 29.0. The summed E-state index contributed by atoms with van der Waals surface area (Å²) in [5.74, 6) is 0.338. The lowest BCUT2D eigenvalue weighted by molar-refractivity contribution is -0.139. The molecule has 0 atom stereocenters. The van der Waals surface area contributed by atoms with E-state index in [1.807, 2.05) is 35.7 Å². The van der Waals surface area contributed by atoms with Gasteiger partial charge in [-0.15, -0.1) is 32.9 Å². The molecule has 0 N–H and O–H groups in total. The molecule has 0 bridgehead atoms. The molecule has 0 spiro atoms. The minimum atomic E-state index is -0.507. The van der Waals surface area contributed by atoms with Gasteiger partial charge in [-0.25, -0.2) is 9.78 Å². The van der Waals surface area contributed by atoms with E-state index in [-0.39, 0.29) is 12.2 Å². The second-order valence-corrected chi connectivity index (χ2v) is 8.19. The van der Waals surface area contributed by atoms with Crippen LogP contribution in [0.15, 0.2) is 46.6 Å². The van der Waals surface area contributed by atoms with Crippen molar-refractivity contribution >= 4 is 60.9 Å². The number of hydrogen-bond donors (Lipinski definition) is 0. The van der Waals surface area contributed by atoms with E-state index in [0.717, 1.165) is 15.2 Å². The number of fused-ring (bicyclic) bond motifs is 4. The lowest BCUT2D eigenvalue weighted by atomic mass is 10.3. The summed E-state index contributed by atoms with van der Waals surface area (Å²) in [5.41, 5.74) is 1.47. The Hall–Kier alpha value is -3.37. The molecular formula is C19H13N5O3S2. The zero-order valence-electron chi connectivity index (χ0n) is 15.1. The van der Waals surface area contributed by atoms with E-state index >= 15 is 0 Å². The zero-order valence-corrected chi connectivity index (χ0v) is 16.7. The van der Waals surface area contributed by atoms with Crippen molar-refractivity contribution in [3.63, 3.8) is 0 Å². The Morgan fingerprint density at radius 3 is 2.97 bits per heavy atom. The molecule has 4 heterocycles. The number of thiophene rings is 1. The Balaban J connectivity index is 1.38. The first-order valence-electron chi connectivity index (χ1n) is 8.62. The second kappa shape index (κ2) is 6.90. The van der Waals surface area contributed by atoms with Crippen LogP contribution in [-0.2, 0) is 23.2 Å². The average molecular weight is 423 g/mol. The fourth-order valence-electron chi connectivity index (χ4n) is 3.03. The van der Waals surface area contributed by atoms with Crippen LogP contribution in [0, 0.1) is 0 Å². The molecule has 0 aliphatic rings. The van der Waals surface area contributed by atoms with Crippen LogP contribution in [0.5, 0.6) is 0 Å². The topological polar surface area (TPSA) is 91.4 Å². The first kappa shape index (κ1) is 17.7. The maximum Gasteiger partial charge on any atom is 0.331 e. The van der Waals surface area contributed by atoms with E-state index in [9.17, 15) is 9.59 Å². The molecule has 0 fully saturated rings. The lowest BCUT2D eigenvalue weighted by Crippen LogP contribution is -2.19. The standard InChI is InChI=1S/C19H13N5O3S2/c1-23-18(26)17-12(8-9-28-17)24-14(21-22-19(23)24)10-27-16(25)7-6-15-20-11-4-2-3-5-13(11)29-15/h2-9H,10H2,1H3/b7-6+. The SMILES string of the molecule is Cn1c(=O)c2sccc2n2c(COC(=O)/C=C/c3nc4ccccc4s3)nnc12. The molecule has 29 heavy (non-hydrogen) atoms. The van der Waals surface area contributed by atoms with Crippen molar-refractivity contribution < 1.29 is 9.53 Å². The molecule has 10 heteroatoms. The highest BCUT2D eigenvalue weighted by Gasteiger charge is 2.16. The van der Waals surface area contributed by atoms with Crippen LogP contribution in [0.1, 0.15) is 10.8 Å². The molecule has 0 saturated carbocycles. The van der Waals surface area contributed by atoms with E-state index in [0.29, 0.717) is 21.8 Å². The van der Waals surface area contributed by atoms with Crippen molar-refractivity contribution in [1.82, 2.24) is 24.1 Å². The van der Waals surface area contributed by atoms with Crippen LogP contribution in [0.4, 0.5) is 0 Å². The minimum absolute atomic E-state index is 0.0622. The summed E-state index contributed by atoms with van der Waals surface area (Å²) in [7, 11) is 1.64. The van der Waals surface area contributed by atoms with Crippen molar-refractivity contribution in [3.05, 3.63) is 63.0 Å². The molecule has 0 aliphatic heterocycles. The fourth-order valence-corrected chi connectivity index (χ4v) is 4.75. The molecule has 4 aromatic heterocycles. The van der Waals surface area contributed by atoms with Crippen molar-refractivity contribution in [2.75, 3.05) is 0 Å². The highest BCUT2D eigenvalue weighted by Crippen LogP contribution is 2.22. The van der Waals surface area contributed by atoms with Crippen LogP contribution >= 0.6 is 22.7 Å². The van der Waals surface area contributed by atoms with E-state index < -0.39 is 5.97 Å². The van der Waals surface area contributed by atoms with Crippen molar-refractivity contribution in [2.24, 2.45) is 7.05 Å². The number of rotatable bonds is 4. The van der Waals surface area contributed by atoms with Gasteiger partial charge in [0.2, 0.25) is 5.78 Å². The Bertz CT molecular complexity index is 1440. The number of esters is 1. The lowest BCUT2D eigenvalue weighted by Gasteiger charge is -2.05. The number of thiazole rings is 1. The van der Waals surface area contributed by atoms with Gasteiger partial charge in [0.15, 0.2) is 12.4 Å². The smallest absolute Gasteiger partial charge is 0.331 e. The van der Waals surface area contributed by atoms with Crippen LogP contribution in [0.25, 0.3) is 32.3 Å². The number of ether oxygens (including phenoxy) is 1. The predicted octanol–water partition coefficient (Wildman–Crippen LogP) is 3.01. The predicted molar refractivity (Wildman–Crippen MR) is 112 cm³/mol. The van der Waals surface area contributed by atoms with Gasteiger partial charge >= 0.3 is 5.97 Å². The third kappa shape index (κ3) is 3.02. The molecule has 0 unspecified atom stereocenters. The maximum atomic E-state index is 12.4. The largest absolute Gasteiger partial charge is 0.454 e. The quantitative estimate of drug-likeness (QED) is 0.326. The van der Waals surface area contributed by atoms with Crippen LogP contribution in [0.2, 0.25) is 0 Å². The Kier molecular flexibility index (Phi) is 4.22. The van der Waals surface area contributed by atoms with Gasteiger partial charge in [-0.05, 0) is 29.7 Å². The van der Waals surface area contributed by atoms with Crippen molar-refractivity contribution in [2.45, 2.75) is 6.61 Å². The highest BCUT2D eigenvalue weighted by atomic mass is 32.1. The van der Waals surface area contributed by atoms with E-state index in [1.54, 1.807) is 17.5 Å². The maximum absolute atomic E-state index is 12.4. The molecule has 5 rings (SSSR count).